The lowest BCUT2D eigenvalue weighted by Crippen LogP contribution is -2.37. The average Bonchev–Trinajstić information content (AvgIpc) is 2.92. The second-order valence-electron chi connectivity index (χ2n) is 6.41. The Bertz CT molecular complexity index is 785. The number of ether oxygens (including phenoxy) is 1. The summed E-state index contributed by atoms with van der Waals surface area (Å²) in [6.07, 6.45) is 1.85. The van der Waals surface area contributed by atoms with E-state index in [4.69, 9.17) is 16.3 Å². The van der Waals surface area contributed by atoms with Gasteiger partial charge in [-0.3, -0.25) is 0 Å². The van der Waals surface area contributed by atoms with Crippen molar-refractivity contribution < 1.29 is 13.5 Å². The molecule has 24 heavy (non-hydrogen) atoms. The molecule has 2 nitrogen and oxygen atoms in total. The minimum absolute atomic E-state index is 0.0240. The minimum atomic E-state index is -0.640. The third-order valence-corrected chi connectivity index (χ3v) is 5.18. The van der Waals surface area contributed by atoms with E-state index in [0.29, 0.717) is 5.56 Å². The molecule has 2 aliphatic rings. The molecule has 0 bridgehead atoms. The fourth-order valence-electron chi connectivity index (χ4n) is 3.79. The molecule has 2 heterocycles. The highest BCUT2D eigenvalue weighted by atomic mass is 35.5. The number of rotatable bonds is 2. The predicted octanol–water partition coefficient (Wildman–Crippen LogP) is 4.69. The Balaban J connectivity index is 1.88. The van der Waals surface area contributed by atoms with Gasteiger partial charge in [-0.25, -0.2) is 8.78 Å². The molecular weight excluding hydrogens is 332 g/mol. The smallest absolute Gasteiger partial charge is 0.135 e. The van der Waals surface area contributed by atoms with E-state index >= 15 is 0 Å². The van der Waals surface area contributed by atoms with Crippen molar-refractivity contribution in [1.82, 2.24) is 5.32 Å². The summed E-state index contributed by atoms with van der Waals surface area (Å²) in [4.78, 5) is 0. The Morgan fingerprint density at radius 3 is 2.67 bits per heavy atom. The van der Waals surface area contributed by atoms with E-state index in [-0.39, 0.29) is 22.6 Å². The first-order valence-electron chi connectivity index (χ1n) is 8.27. The van der Waals surface area contributed by atoms with Gasteiger partial charge in [-0.05, 0) is 54.8 Å². The van der Waals surface area contributed by atoms with Crippen LogP contribution in [0.5, 0.6) is 5.75 Å². The van der Waals surface area contributed by atoms with Crippen LogP contribution in [0.1, 0.15) is 30.4 Å². The number of hydrogen-bond donors (Lipinski definition) is 1. The highest BCUT2D eigenvalue weighted by molar-refractivity contribution is 6.30. The molecule has 0 amide bonds. The van der Waals surface area contributed by atoms with Crippen LogP contribution in [-0.4, -0.2) is 19.2 Å². The van der Waals surface area contributed by atoms with Crippen LogP contribution >= 0.6 is 11.6 Å². The molecule has 1 saturated heterocycles. The van der Waals surface area contributed by atoms with E-state index in [2.05, 4.69) is 5.32 Å². The van der Waals surface area contributed by atoms with Crippen molar-refractivity contribution in [1.29, 1.82) is 0 Å². The molecule has 2 atom stereocenters. The van der Waals surface area contributed by atoms with Gasteiger partial charge in [-0.2, -0.15) is 0 Å². The lowest BCUT2D eigenvalue weighted by Gasteiger charge is -2.24. The standard InChI is InChI=1S/C19H18ClF2NO/c1-2-10-5-11(18-15(21)7-12(20)8-16(18)22)6-13-14-9-23-4-3-17(14)24-19(10)13/h5-8,14,17,23H,2-4,9H2,1H3/t14-,17?/m0/s1. The molecule has 1 fully saturated rings. The van der Waals surface area contributed by atoms with Gasteiger partial charge in [0, 0.05) is 23.0 Å². The van der Waals surface area contributed by atoms with Gasteiger partial charge in [-0.15, -0.1) is 0 Å². The first-order chi connectivity index (χ1) is 11.6. The van der Waals surface area contributed by atoms with Crippen LogP contribution in [0.3, 0.4) is 0 Å². The number of hydrogen-bond acceptors (Lipinski definition) is 2. The fraction of sp³-hybridized carbons (Fsp3) is 0.368. The normalized spacial score (nSPS) is 22.0. The Morgan fingerprint density at radius 2 is 1.96 bits per heavy atom. The third-order valence-electron chi connectivity index (χ3n) is 4.96. The average molecular weight is 350 g/mol. The predicted molar refractivity (Wildman–Crippen MR) is 90.8 cm³/mol. The van der Waals surface area contributed by atoms with Crippen LogP contribution in [0.25, 0.3) is 11.1 Å². The van der Waals surface area contributed by atoms with Gasteiger partial charge in [0.2, 0.25) is 0 Å². The largest absolute Gasteiger partial charge is 0.489 e. The monoisotopic (exact) mass is 349 g/mol. The highest BCUT2D eigenvalue weighted by Gasteiger charge is 2.37. The number of aryl methyl sites for hydroxylation is 1. The molecule has 2 aliphatic heterocycles. The molecule has 0 aromatic heterocycles. The van der Waals surface area contributed by atoms with Crippen LogP contribution < -0.4 is 10.1 Å². The van der Waals surface area contributed by atoms with Crippen molar-refractivity contribution in [2.75, 3.05) is 13.1 Å². The summed E-state index contributed by atoms with van der Waals surface area (Å²) >= 11 is 5.74. The quantitative estimate of drug-likeness (QED) is 0.849. The zero-order valence-corrected chi connectivity index (χ0v) is 14.1. The summed E-state index contributed by atoms with van der Waals surface area (Å²) in [5.41, 5.74) is 2.57. The van der Waals surface area contributed by atoms with E-state index in [1.807, 2.05) is 19.1 Å². The van der Waals surface area contributed by atoms with E-state index in [9.17, 15) is 8.78 Å². The third kappa shape index (κ3) is 2.49. The number of benzene rings is 2. The van der Waals surface area contributed by atoms with Crippen LogP contribution in [0, 0.1) is 11.6 Å². The molecule has 0 radical (unpaired) electrons. The van der Waals surface area contributed by atoms with Crippen LogP contribution in [0.15, 0.2) is 24.3 Å². The van der Waals surface area contributed by atoms with Gasteiger partial charge in [0.25, 0.3) is 0 Å². The molecule has 126 valence electrons. The molecule has 1 unspecified atom stereocenters. The van der Waals surface area contributed by atoms with Crippen molar-refractivity contribution >= 4 is 11.6 Å². The molecular formula is C19H18ClF2NO. The van der Waals surface area contributed by atoms with E-state index in [1.165, 1.54) is 0 Å². The Kier molecular flexibility index (Phi) is 3.97. The number of halogens is 3. The van der Waals surface area contributed by atoms with Crippen molar-refractivity contribution in [3.63, 3.8) is 0 Å². The maximum atomic E-state index is 14.3. The van der Waals surface area contributed by atoms with E-state index < -0.39 is 11.6 Å². The van der Waals surface area contributed by atoms with Gasteiger partial charge in [-0.1, -0.05) is 18.5 Å². The highest BCUT2D eigenvalue weighted by Crippen LogP contribution is 2.45. The summed E-state index contributed by atoms with van der Waals surface area (Å²) in [7, 11) is 0. The first-order valence-corrected chi connectivity index (χ1v) is 8.65. The second kappa shape index (κ2) is 6.01. The Labute approximate surface area is 144 Å². The summed E-state index contributed by atoms with van der Waals surface area (Å²) in [6.45, 7) is 3.79. The summed E-state index contributed by atoms with van der Waals surface area (Å²) in [5, 5.41) is 3.44. The van der Waals surface area contributed by atoms with Gasteiger partial charge in [0.05, 0.1) is 5.56 Å². The van der Waals surface area contributed by atoms with Crippen molar-refractivity contribution in [2.24, 2.45) is 0 Å². The molecule has 0 saturated carbocycles. The van der Waals surface area contributed by atoms with E-state index in [0.717, 1.165) is 54.9 Å². The SMILES string of the molecule is CCc1cc(-c2c(F)cc(Cl)cc2F)cc2c1OC1CCNC[C@@H]21. The molecule has 2 aromatic rings. The fourth-order valence-corrected chi connectivity index (χ4v) is 3.99. The van der Waals surface area contributed by atoms with Crippen LogP contribution in [0.2, 0.25) is 5.02 Å². The topological polar surface area (TPSA) is 21.3 Å². The molecule has 5 heteroatoms. The van der Waals surface area contributed by atoms with Crippen molar-refractivity contribution in [3.05, 3.63) is 52.0 Å². The zero-order valence-electron chi connectivity index (χ0n) is 13.3. The lowest BCUT2D eigenvalue weighted by atomic mass is 9.87. The lowest BCUT2D eigenvalue weighted by molar-refractivity contribution is 0.171. The molecule has 2 aromatic carbocycles. The maximum Gasteiger partial charge on any atom is 0.135 e. The second-order valence-corrected chi connectivity index (χ2v) is 6.84. The van der Waals surface area contributed by atoms with Crippen LogP contribution in [0.4, 0.5) is 8.78 Å². The maximum absolute atomic E-state index is 14.3. The summed E-state index contributed by atoms with van der Waals surface area (Å²) in [5.74, 6) is -0.148. The number of piperidine rings is 1. The number of fused-ring (bicyclic) bond motifs is 3. The van der Waals surface area contributed by atoms with Crippen LogP contribution in [-0.2, 0) is 6.42 Å². The van der Waals surface area contributed by atoms with Gasteiger partial charge in [0.15, 0.2) is 0 Å². The Morgan fingerprint density at radius 1 is 1.21 bits per heavy atom. The molecule has 0 spiro atoms. The van der Waals surface area contributed by atoms with Crippen molar-refractivity contribution in [3.8, 4) is 16.9 Å². The number of nitrogens with one attached hydrogen (secondary N) is 1. The minimum Gasteiger partial charge on any atom is -0.489 e. The molecule has 1 N–H and O–H groups in total. The molecule has 4 rings (SSSR count). The summed E-state index contributed by atoms with van der Waals surface area (Å²) in [6, 6.07) is 6.01. The van der Waals surface area contributed by atoms with E-state index in [1.54, 1.807) is 0 Å². The summed E-state index contributed by atoms with van der Waals surface area (Å²) < 4.78 is 34.9. The Hall–Kier alpha value is -1.65. The van der Waals surface area contributed by atoms with Crippen molar-refractivity contribution in [2.45, 2.75) is 31.8 Å². The van der Waals surface area contributed by atoms with Gasteiger partial charge in [0.1, 0.15) is 23.5 Å². The van der Waals surface area contributed by atoms with Gasteiger partial charge < -0.3 is 10.1 Å². The molecule has 0 aliphatic carbocycles. The first kappa shape index (κ1) is 15.9. The zero-order chi connectivity index (χ0) is 16.8. The van der Waals surface area contributed by atoms with Gasteiger partial charge >= 0.3 is 0 Å².